The lowest BCUT2D eigenvalue weighted by atomic mass is 10.1. The molecule has 2 rings (SSSR count). The molecule has 2 atom stereocenters. The molecule has 2 nitrogen and oxygen atoms in total. The normalized spacial score (nSPS) is 25.5. The lowest BCUT2D eigenvalue weighted by Gasteiger charge is -2.20. The van der Waals surface area contributed by atoms with Crippen LogP contribution in [0.1, 0.15) is 19.3 Å². The molecule has 15 heavy (non-hydrogen) atoms. The zero-order chi connectivity index (χ0) is 10.7. The highest BCUT2D eigenvalue weighted by molar-refractivity contribution is 6.32. The van der Waals surface area contributed by atoms with Crippen LogP contribution in [0.3, 0.4) is 0 Å². The molecular weight excluding hydrogens is 210 g/mol. The summed E-state index contributed by atoms with van der Waals surface area (Å²) in [7, 11) is 0. The Morgan fingerprint density at radius 1 is 1.33 bits per heavy atom. The van der Waals surface area contributed by atoms with Gasteiger partial charge in [-0.15, -0.1) is 0 Å². The predicted molar refractivity (Wildman–Crippen MR) is 62.3 cm³/mol. The SMILES string of the molecule is NCC1CCCC1Oc1ccccc1Cl. The average Bonchev–Trinajstić information content (AvgIpc) is 2.69. The highest BCUT2D eigenvalue weighted by atomic mass is 35.5. The molecule has 82 valence electrons. The summed E-state index contributed by atoms with van der Waals surface area (Å²) in [4.78, 5) is 0. The van der Waals surface area contributed by atoms with E-state index in [0.29, 0.717) is 17.5 Å². The molecule has 1 fully saturated rings. The van der Waals surface area contributed by atoms with Crippen LogP contribution in [-0.2, 0) is 0 Å². The molecule has 0 amide bonds. The van der Waals surface area contributed by atoms with E-state index < -0.39 is 0 Å². The second kappa shape index (κ2) is 4.86. The summed E-state index contributed by atoms with van der Waals surface area (Å²) >= 11 is 6.04. The molecular formula is C12H16ClNO. The summed E-state index contributed by atoms with van der Waals surface area (Å²) < 4.78 is 5.90. The second-order valence-corrected chi connectivity index (χ2v) is 4.42. The van der Waals surface area contributed by atoms with Gasteiger partial charge in [0.1, 0.15) is 11.9 Å². The number of benzene rings is 1. The fourth-order valence-electron chi connectivity index (χ4n) is 2.13. The molecule has 1 aromatic carbocycles. The zero-order valence-electron chi connectivity index (χ0n) is 8.66. The molecule has 1 aliphatic rings. The molecule has 1 aliphatic carbocycles. The molecule has 0 spiro atoms. The van der Waals surface area contributed by atoms with Gasteiger partial charge in [0.05, 0.1) is 5.02 Å². The largest absolute Gasteiger partial charge is 0.489 e. The van der Waals surface area contributed by atoms with Crippen LogP contribution in [0.2, 0.25) is 5.02 Å². The first-order chi connectivity index (χ1) is 7.31. The maximum absolute atomic E-state index is 6.04. The smallest absolute Gasteiger partial charge is 0.138 e. The van der Waals surface area contributed by atoms with E-state index in [1.807, 2.05) is 24.3 Å². The van der Waals surface area contributed by atoms with Crippen molar-refractivity contribution in [3.8, 4) is 5.75 Å². The first-order valence-corrected chi connectivity index (χ1v) is 5.80. The Morgan fingerprint density at radius 2 is 2.13 bits per heavy atom. The van der Waals surface area contributed by atoms with Crippen molar-refractivity contribution >= 4 is 11.6 Å². The first kappa shape index (κ1) is 10.8. The molecule has 2 N–H and O–H groups in total. The van der Waals surface area contributed by atoms with E-state index in [4.69, 9.17) is 22.1 Å². The summed E-state index contributed by atoms with van der Waals surface area (Å²) in [6.45, 7) is 0.703. The number of rotatable bonds is 3. The molecule has 1 aromatic rings. The molecule has 3 heteroatoms. The van der Waals surface area contributed by atoms with E-state index in [9.17, 15) is 0 Å². The summed E-state index contributed by atoms with van der Waals surface area (Å²) in [5.41, 5.74) is 5.70. The van der Waals surface area contributed by atoms with Crippen LogP contribution in [0, 0.1) is 5.92 Å². The number of nitrogens with two attached hydrogens (primary N) is 1. The van der Waals surface area contributed by atoms with E-state index >= 15 is 0 Å². The molecule has 1 saturated carbocycles. The zero-order valence-corrected chi connectivity index (χ0v) is 9.41. The van der Waals surface area contributed by atoms with Gasteiger partial charge in [0.15, 0.2) is 0 Å². The highest BCUT2D eigenvalue weighted by Gasteiger charge is 2.28. The van der Waals surface area contributed by atoms with Gasteiger partial charge in [-0.2, -0.15) is 0 Å². The maximum Gasteiger partial charge on any atom is 0.138 e. The van der Waals surface area contributed by atoms with Gasteiger partial charge in [-0.05, 0) is 37.9 Å². The van der Waals surface area contributed by atoms with E-state index in [2.05, 4.69) is 0 Å². The molecule has 0 aliphatic heterocycles. The van der Waals surface area contributed by atoms with Crippen molar-refractivity contribution < 1.29 is 4.74 Å². The van der Waals surface area contributed by atoms with E-state index in [1.54, 1.807) is 0 Å². The van der Waals surface area contributed by atoms with Gasteiger partial charge in [0.2, 0.25) is 0 Å². The molecule has 2 unspecified atom stereocenters. The van der Waals surface area contributed by atoms with Crippen LogP contribution >= 0.6 is 11.6 Å². The molecule has 0 heterocycles. The van der Waals surface area contributed by atoms with Crippen LogP contribution in [0.5, 0.6) is 5.75 Å². The lowest BCUT2D eigenvalue weighted by Crippen LogP contribution is -2.27. The van der Waals surface area contributed by atoms with Gasteiger partial charge in [-0.3, -0.25) is 0 Å². The van der Waals surface area contributed by atoms with Gasteiger partial charge in [0, 0.05) is 5.92 Å². The van der Waals surface area contributed by atoms with Gasteiger partial charge in [-0.1, -0.05) is 23.7 Å². The minimum Gasteiger partial charge on any atom is -0.489 e. The van der Waals surface area contributed by atoms with Gasteiger partial charge < -0.3 is 10.5 Å². The maximum atomic E-state index is 6.04. The molecule has 0 radical (unpaired) electrons. The average molecular weight is 226 g/mol. The monoisotopic (exact) mass is 225 g/mol. The molecule has 0 aromatic heterocycles. The lowest BCUT2D eigenvalue weighted by molar-refractivity contribution is 0.162. The number of para-hydroxylation sites is 1. The second-order valence-electron chi connectivity index (χ2n) is 4.01. The number of halogens is 1. The Morgan fingerprint density at radius 3 is 2.87 bits per heavy atom. The van der Waals surface area contributed by atoms with Crippen molar-refractivity contribution in [2.24, 2.45) is 11.7 Å². The number of hydrogen-bond acceptors (Lipinski definition) is 2. The third-order valence-electron chi connectivity index (χ3n) is 3.01. The topological polar surface area (TPSA) is 35.2 Å². The molecule has 0 saturated heterocycles. The van der Waals surface area contributed by atoms with Crippen molar-refractivity contribution in [3.05, 3.63) is 29.3 Å². The Hall–Kier alpha value is -0.730. The summed E-state index contributed by atoms with van der Waals surface area (Å²) in [5, 5.41) is 0.681. The van der Waals surface area contributed by atoms with E-state index in [1.165, 1.54) is 12.8 Å². The van der Waals surface area contributed by atoms with E-state index in [0.717, 1.165) is 12.2 Å². The Balaban J connectivity index is 2.05. The Labute approximate surface area is 95.4 Å². The van der Waals surface area contributed by atoms with Gasteiger partial charge in [-0.25, -0.2) is 0 Å². The van der Waals surface area contributed by atoms with Crippen LogP contribution < -0.4 is 10.5 Å². The minimum atomic E-state index is 0.245. The van der Waals surface area contributed by atoms with Crippen molar-refractivity contribution in [2.45, 2.75) is 25.4 Å². The van der Waals surface area contributed by atoms with Crippen molar-refractivity contribution in [2.75, 3.05) is 6.54 Å². The Kier molecular flexibility index (Phi) is 3.49. The first-order valence-electron chi connectivity index (χ1n) is 5.42. The quantitative estimate of drug-likeness (QED) is 0.859. The van der Waals surface area contributed by atoms with E-state index in [-0.39, 0.29) is 6.10 Å². The van der Waals surface area contributed by atoms with Crippen molar-refractivity contribution in [3.63, 3.8) is 0 Å². The third-order valence-corrected chi connectivity index (χ3v) is 3.32. The summed E-state index contributed by atoms with van der Waals surface area (Å²) in [5.74, 6) is 1.27. The fraction of sp³-hybridized carbons (Fsp3) is 0.500. The third kappa shape index (κ3) is 2.44. The van der Waals surface area contributed by atoms with Crippen LogP contribution in [0.4, 0.5) is 0 Å². The standard InChI is InChI=1S/C12H16ClNO/c13-10-5-1-2-6-12(10)15-11-7-3-4-9(11)8-14/h1-2,5-6,9,11H,3-4,7-8,14H2. The van der Waals surface area contributed by atoms with Crippen LogP contribution in [-0.4, -0.2) is 12.6 Å². The minimum absolute atomic E-state index is 0.245. The van der Waals surface area contributed by atoms with Crippen molar-refractivity contribution in [1.29, 1.82) is 0 Å². The number of ether oxygens (including phenoxy) is 1. The predicted octanol–water partition coefficient (Wildman–Crippen LogP) is 2.85. The Bertz CT molecular complexity index is 329. The fourth-order valence-corrected chi connectivity index (χ4v) is 2.31. The summed E-state index contributed by atoms with van der Waals surface area (Å²) in [6, 6.07) is 7.61. The van der Waals surface area contributed by atoms with Gasteiger partial charge in [0.25, 0.3) is 0 Å². The van der Waals surface area contributed by atoms with Gasteiger partial charge >= 0.3 is 0 Å². The highest BCUT2D eigenvalue weighted by Crippen LogP contribution is 2.32. The number of hydrogen-bond donors (Lipinski definition) is 1. The summed E-state index contributed by atoms with van der Waals surface area (Å²) in [6.07, 6.45) is 3.71. The van der Waals surface area contributed by atoms with Crippen molar-refractivity contribution in [1.82, 2.24) is 0 Å². The van der Waals surface area contributed by atoms with Crippen LogP contribution in [0.25, 0.3) is 0 Å². The molecule has 0 bridgehead atoms. The van der Waals surface area contributed by atoms with Crippen LogP contribution in [0.15, 0.2) is 24.3 Å².